The molecule has 3 rings (SSSR count). The van der Waals surface area contributed by atoms with E-state index >= 15 is 0 Å². The molecule has 160 valence electrons. The number of anilines is 1. The Labute approximate surface area is 173 Å². The van der Waals surface area contributed by atoms with Crippen LogP contribution in [-0.4, -0.2) is 43.3 Å². The number of aromatic amines is 1. The second-order valence-corrected chi connectivity index (χ2v) is 6.64. The fourth-order valence-corrected chi connectivity index (χ4v) is 2.82. The van der Waals surface area contributed by atoms with Crippen LogP contribution >= 0.6 is 0 Å². The number of hydrogen-bond donors (Lipinski definition) is 5. The molecule has 11 nitrogen and oxygen atoms in total. The quantitative estimate of drug-likeness (QED) is 0.313. The van der Waals surface area contributed by atoms with E-state index in [9.17, 15) is 9.59 Å². The number of H-pyrrole nitrogens is 1. The number of imidazole rings is 1. The first-order valence-electron chi connectivity index (χ1n) is 9.58. The van der Waals surface area contributed by atoms with E-state index in [4.69, 9.17) is 22.9 Å². The summed E-state index contributed by atoms with van der Waals surface area (Å²) in [7, 11) is 0. The van der Waals surface area contributed by atoms with Gasteiger partial charge < -0.3 is 27.9 Å². The van der Waals surface area contributed by atoms with Crippen molar-refractivity contribution in [1.29, 1.82) is 0 Å². The van der Waals surface area contributed by atoms with E-state index in [0.29, 0.717) is 41.2 Å². The zero-order chi connectivity index (χ0) is 21.9. The van der Waals surface area contributed by atoms with Crippen LogP contribution in [0.25, 0.3) is 11.2 Å². The number of unbranched alkanes of at least 4 members (excludes halogenated alkanes) is 3. The molecule has 3 aromatic rings. The van der Waals surface area contributed by atoms with Gasteiger partial charge in [0.25, 0.3) is 0 Å². The standard InChI is InChI=1S/C14H22N4O2.C5H5N5/c15-8-4-2-1-3-5-11(14(17)20)12-7-6-10(9-18-12)13(16)19;6-4-3-5(9-1-7-3)10-2-8-4/h6-7,9,11H,1-5,8,15H2,(H2,16,19)(H2,17,20);1-2H,(H3,6,7,8,9,10). The van der Waals surface area contributed by atoms with Gasteiger partial charge in [-0.25, -0.2) is 15.0 Å². The number of carbonyl (C=O) groups is 2. The number of nitrogens with two attached hydrogens (primary N) is 4. The fourth-order valence-electron chi connectivity index (χ4n) is 2.82. The highest BCUT2D eigenvalue weighted by atomic mass is 16.1. The third kappa shape index (κ3) is 6.48. The minimum absolute atomic E-state index is 0.319. The van der Waals surface area contributed by atoms with Crippen LogP contribution in [0.1, 0.15) is 54.1 Å². The van der Waals surface area contributed by atoms with Crippen molar-refractivity contribution < 1.29 is 9.59 Å². The number of primary amides is 2. The summed E-state index contributed by atoms with van der Waals surface area (Å²) in [4.78, 5) is 41.0. The van der Waals surface area contributed by atoms with E-state index in [1.807, 2.05) is 0 Å². The molecule has 9 N–H and O–H groups in total. The fraction of sp³-hybridized carbons (Fsp3) is 0.368. The first-order chi connectivity index (χ1) is 14.4. The van der Waals surface area contributed by atoms with Gasteiger partial charge in [-0.05, 0) is 31.5 Å². The Morgan fingerprint density at radius 3 is 2.37 bits per heavy atom. The maximum Gasteiger partial charge on any atom is 0.250 e. The van der Waals surface area contributed by atoms with Crippen molar-refractivity contribution in [2.75, 3.05) is 12.3 Å². The van der Waals surface area contributed by atoms with Gasteiger partial charge in [-0.1, -0.05) is 19.3 Å². The second-order valence-electron chi connectivity index (χ2n) is 6.64. The molecule has 1 atom stereocenters. The molecule has 0 bridgehead atoms. The van der Waals surface area contributed by atoms with E-state index < -0.39 is 17.7 Å². The number of pyridine rings is 1. The Bertz CT molecular complexity index is 956. The van der Waals surface area contributed by atoms with Crippen molar-refractivity contribution in [2.24, 2.45) is 17.2 Å². The molecule has 2 amide bonds. The van der Waals surface area contributed by atoms with Gasteiger partial charge in [-0.3, -0.25) is 14.6 Å². The van der Waals surface area contributed by atoms with Crippen LogP contribution < -0.4 is 22.9 Å². The third-order valence-electron chi connectivity index (χ3n) is 4.47. The minimum atomic E-state index is -0.540. The SMILES string of the molecule is NCCCCCCC(C(N)=O)c1ccc(C(N)=O)cn1.Nc1ncnc2nc[nH]c12. The Morgan fingerprint density at radius 1 is 1.00 bits per heavy atom. The Hall–Kier alpha value is -3.60. The van der Waals surface area contributed by atoms with Crippen molar-refractivity contribution in [3.05, 3.63) is 42.2 Å². The van der Waals surface area contributed by atoms with Crippen LogP contribution in [-0.2, 0) is 4.79 Å². The van der Waals surface area contributed by atoms with Gasteiger partial charge in [0, 0.05) is 6.20 Å². The molecule has 0 aliphatic heterocycles. The molecule has 0 aromatic carbocycles. The summed E-state index contributed by atoms with van der Waals surface area (Å²) in [6.07, 6.45) is 8.91. The molecule has 30 heavy (non-hydrogen) atoms. The molecule has 0 radical (unpaired) electrons. The summed E-state index contributed by atoms with van der Waals surface area (Å²) in [5, 5.41) is 0. The van der Waals surface area contributed by atoms with Gasteiger partial charge in [0.2, 0.25) is 11.8 Å². The maximum atomic E-state index is 11.5. The predicted octanol–water partition coefficient (Wildman–Crippen LogP) is 0.594. The highest BCUT2D eigenvalue weighted by Crippen LogP contribution is 2.21. The van der Waals surface area contributed by atoms with Gasteiger partial charge in [0.05, 0.1) is 23.5 Å². The summed E-state index contributed by atoms with van der Waals surface area (Å²) in [5.41, 5.74) is 23.7. The van der Waals surface area contributed by atoms with Gasteiger partial charge in [-0.15, -0.1) is 0 Å². The minimum Gasteiger partial charge on any atom is -0.382 e. The van der Waals surface area contributed by atoms with Crippen LogP contribution in [0.2, 0.25) is 0 Å². The molecule has 0 saturated carbocycles. The summed E-state index contributed by atoms with van der Waals surface area (Å²) in [5.74, 6) is -0.929. The smallest absolute Gasteiger partial charge is 0.250 e. The van der Waals surface area contributed by atoms with E-state index in [1.54, 1.807) is 12.1 Å². The summed E-state index contributed by atoms with van der Waals surface area (Å²) in [6.45, 7) is 0.690. The largest absolute Gasteiger partial charge is 0.382 e. The topological polar surface area (TPSA) is 206 Å². The highest BCUT2D eigenvalue weighted by Gasteiger charge is 2.19. The summed E-state index contributed by atoms with van der Waals surface area (Å²) >= 11 is 0. The number of fused-ring (bicyclic) bond motifs is 1. The van der Waals surface area contributed by atoms with E-state index in [-0.39, 0.29) is 0 Å². The highest BCUT2D eigenvalue weighted by molar-refractivity contribution is 5.92. The first-order valence-corrected chi connectivity index (χ1v) is 9.58. The lowest BCUT2D eigenvalue weighted by atomic mass is 9.96. The average Bonchev–Trinajstić information content (AvgIpc) is 3.21. The zero-order valence-electron chi connectivity index (χ0n) is 16.6. The number of hydrogen-bond acceptors (Lipinski definition) is 8. The number of nitrogen functional groups attached to an aromatic ring is 1. The molecule has 3 heterocycles. The maximum absolute atomic E-state index is 11.5. The average molecular weight is 413 g/mol. The van der Waals surface area contributed by atoms with Crippen LogP contribution in [0.3, 0.4) is 0 Å². The number of rotatable bonds is 9. The molecule has 0 spiro atoms. The van der Waals surface area contributed by atoms with Crippen LogP contribution in [0.4, 0.5) is 5.82 Å². The molecule has 0 aliphatic carbocycles. The van der Waals surface area contributed by atoms with Gasteiger partial charge in [0.1, 0.15) is 11.8 Å². The molecule has 11 heteroatoms. The van der Waals surface area contributed by atoms with Gasteiger partial charge in [0.15, 0.2) is 11.5 Å². The van der Waals surface area contributed by atoms with Crippen molar-refractivity contribution in [3.63, 3.8) is 0 Å². The summed E-state index contributed by atoms with van der Waals surface area (Å²) in [6, 6.07) is 3.20. The Kier molecular flexibility index (Phi) is 8.63. The third-order valence-corrected chi connectivity index (χ3v) is 4.47. The zero-order valence-corrected chi connectivity index (χ0v) is 16.6. The Balaban J connectivity index is 0.000000263. The lowest BCUT2D eigenvalue weighted by Gasteiger charge is -2.12. The molecule has 3 aromatic heterocycles. The van der Waals surface area contributed by atoms with Crippen LogP contribution in [0.5, 0.6) is 0 Å². The molecular weight excluding hydrogens is 386 g/mol. The molecular formula is C19H27N9O2. The Morgan fingerprint density at radius 2 is 1.77 bits per heavy atom. The number of aromatic nitrogens is 5. The number of carbonyl (C=O) groups excluding carboxylic acids is 2. The molecule has 0 saturated heterocycles. The summed E-state index contributed by atoms with van der Waals surface area (Å²) < 4.78 is 0. The number of nitrogens with zero attached hydrogens (tertiary/aromatic N) is 4. The van der Waals surface area contributed by atoms with Crippen LogP contribution in [0, 0.1) is 0 Å². The molecule has 1 unspecified atom stereocenters. The second kappa shape index (κ2) is 11.4. The van der Waals surface area contributed by atoms with Crippen molar-refractivity contribution >= 4 is 28.8 Å². The lowest BCUT2D eigenvalue weighted by Crippen LogP contribution is -2.22. The van der Waals surface area contributed by atoms with Crippen molar-refractivity contribution in [1.82, 2.24) is 24.9 Å². The lowest BCUT2D eigenvalue weighted by molar-refractivity contribution is -0.119. The number of amides is 2. The van der Waals surface area contributed by atoms with Gasteiger partial charge in [-0.2, -0.15) is 0 Å². The van der Waals surface area contributed by atoms with Gasteiger partial charge >= 0.3 is 0 Å². The van der Waals surface area contributed by atoms with E-state index in [1.165, 1.54) is 18.9 Å². The van der Waals surface area contributed by atoms with Crippen molar-refractivity contribution in [2.45, 2.75) is 38.0 Å². The molecule has 0 aliphatic rings. The first kappa shape index (κ1) is 22.7. The van der Waals surface area contributed by atoms with E-state index in [2.05, 4.69) is 24.9 Å². The monoisotopic (exact) mass is 413 g/mol. The normalized spacial score (nSPS) is 11.5. The van der Waals surface area contributed by atoms with Crippen molar-refractivity contribution in [3.8, 4) is 0 Å². The van der Waals surface area contributed by atoms with Crippen LogP contribution in [0.15, 0.2) is 31.0 Å². The predicted molar refractivity (Wildman–Crippen MR) is 113 cm³/mol. The molecule has 0 fully saturated rings. The number of nitrogens with one attached hydrogen (secondary N) is 1. The van der Waals surface area contributed by atoms with E-state index in [0.717, 1.165) is 25.7 Å².